The molecule has 1 rings (SSSR count). The maximum Gasteiger partial charge on any atom is 0.432 e. The number of carbonyl (C=O) groups is 1. The summed E-state index contributed by atoms with van der Waals surface area (Å²) in [4.78, 5) is 10.9. The Balaban J connectivity index is 3.43. The van der Waals surface area contributed by atoms with Gasteiger partial charge in [0.05, 0.1) is 0 Å². The number of alkyl halides is 3. The van der Waals surface area contributed by atoms with Crippen molar-refractivity contribution < 1.29 is 27.8 Å². The second kappa shape index (κ2) is 4.54. The number of methoxy groups -OCH3 is 1. The number of carboxylic acid groups (broad SMARTS) is 1. The highest BCUT2D eigenvalue weighted by atomic mass is 35.5. The largest absolute Gasteiger partial charge is 0.479 e. The van der Waals surface area contributed by atoms with Crippen molar-refractivity contribution in [3.8, 4) is 0 Å². The summed E-state index contributed by atoms with van der Waals surface area (Å²) in [5.74, 6) is -2.13. The Morgan fingerprint density at radius 3 is 2.06 bits per heavy atom. The first-order valence-electron chi connectivity index (χ1n) is 4.37. The van der Waals surface area contributed by atoms with Crippen LogP contribution in [0.1, 0.15) is 5.56 Å². The summed E-state index contributed by atoms with van der Waals surface area (Å²) in [6.45, 7) is 0. The number of rotatable bonds is 3. The number of hydrogen-bond acceptors (Lipinski definition) is 2. The third-order valence-corrected chi connectivity index (χ3v) is 2.51. The van der Waals surface area contributed by atoms with E-state index >= 15 is 0 Å². The first-order chi connectivity index (χ1) is 7.75. The van der Waals surface area contributed by atoms with Crippen molar-refractivity contribution in [3.63, 3.8) is 0 Å². The normalized spacial score (nSPS) is 15.4. The van der Waals surface area contributed by atoms with Gasteiger partial charge in [-0.15, -0.1) is 0 Å². The Kier molecular flexibility index (Phi) is 3.68. The van der Waals surface area contributed by atoms with Crippen molar-refractivity contribution in [1.82, 2.24) is 0 Å². The van der Waals surface area contributed by atoms with Crippen LogP contribution in [0.2, 0.25) is 5.02 Å². The summed E-state index contributed by atoms with van der Waals surface area (Å²) in [6, 6.07) is 4.26. The van der Waals surface area contributed by atoms with E-state index in [0.717, 1.165) is 12.1 Å². The van der Waals surface area contributed by atoms with E-state index < -0.39 is 23.3 Å². The van der Waals surface area contributed by atoms with Gasteiger partial charge < -0.3 is 9.84 Å². The van der Waals surface area contributed by atoms with Gasteiger partial charge in [-0.25, -0.2) is 4.79 Å². The minimum Gasteiger partial charge on any atom is -0.479 e. The maximum absolute atomic E-state index is 12.9. The van der Waals surface area contributed by atoms with Crippen molar-refractivity contribution in [1.29, 1.82) is 0 Å². The lowest BCUT2D eigenvalue weighted by Gasteiger charge is -2.30. The van der Waals surface area contributed by atoms with E-state index in [0.29, 0.717) is 7.11 Å². The van der Waals surface area contributed by atoms with Crippen molar-refractivity contribution in [2.75, 3.05) is 7.11 Å². The highest BCUT2D eigenvalue weighted by molar-refractivity contribution is 6.30. The number of aliphatic carboxylic acids is 1. The Bertz CT molecular complexity index is 416. The lowest BCUT2D eigenvalue weighted by molar-refractivity contribution is -0.273. The van der Waals surface area contributed by atoms with E-state index in [1.807, 2.05) is 0 Å². The summed E-state index contributed by atoms with van der Waals surface area (Å²) in [6.07, 6.45) is -5.08. The number of benzene rings is 1. The van der Waals surface area contributed by atoms with Crippen LogP contribution in [0.4, 0.5) is 13.2 Å². The van der Waals surface area contributed by atoms with E-state index in [9.17, 15) is 18.0 Å². The van der Waals surface area contributed by atoms with Crippen LogP contribution < -0.4 is 0 Å². The van der Waals surface area contributed by atoms with Gasteiger partial charge in [-0.3, -0.25) is 0 Å². The molecule has 0 fully saturated rings. The molecule has 0 aliphatic heterocycles. The Morgan fingerprint density at radius 2 is 1.76 bits per heavy atom. The molecule has 0 amide bonds. The molecular formula is C10H8ClF3O3. The number of ether oxygens (including phenoxy) is 1. The fourth-order valence-electron chi connectivity index (χ4n) is 1.41. The minimum atomic E-state index is -5.08. The lowest BCUT2D eigenvalue weighted by Crippen LogP contribution is -2.50. The molecule has 0 bridgehead atoms. The van der Waals surface area contributed by atoms with Crippen LogP contribution in [0.25, 0.3) is 0 Å². The van der Waals surface area contributed by atoms with Crippen LogP contribution in [0.15, 0.2) is 24.3 Å². The van der Waals surface area contributed by atoms with Crippen molar-refractivity contribution in [2.24, 2.45) is 0 Å². The summed E-state index contributed by atoms with van der Waals surface area (Å²) in [5, 5.41) is 9.00. The van der Waals surface area contributed by atoms with Gasteiger partial charge in [0, 0.05) is 17.7 Å². The second-order valence-electron chi connectivity index (χ2n) is 3.20. The molecule has 0 saturated carbocycles. The Morgan fingerprint density at radius 1 is 1.29 bits per heavy atom. The molecule has 7 heteroatoms. The molecule has 0 heterocycles. The molecule has 0 aromatic heterocycles. The zero-order valence-corrected chi connectivity index (χ0v) is 9.34. The highest BCUT2D eigenvalue weighted by Crippen LogP contribution is 2.42. The first kappa shape index (κ1) is 13.8. The van der Waals surface area contributed by atoms with Gasteiger partial charge in [0.2, 0.25) is 0 Å². The molecule has 1 atom stereocenters. The molecule has 1 aromatic carbocycles. The van der Waals surface area contributed by atoms with Gasteiger partial charge in [0.15, 0.2) is 0 Å². The number of hydrogen-bond donors (Lipinski definition) is 1. The molecule has 1 N–H and O–H groups in total. The SMILES string of the molecule is COC(C(=O)O)(c1ccc(Cl)cc1)C(F)(F)F. The van der Waals surface area contributed by atoms with Crippen LogP contribution >= 0.6 is 11.6 Å². The predicted molar refractivity (Wildman–Crippen MR) is 53.8 cm³/mol. The zero-order valence-electron chi connectivity index (χ0n) is 8.58. The fraction of sp³-hybridized carbons (Fsp3) is 0.300. The summed E-state index contributed by atoms with van der Waals surface area (Å²) < 4.78 is 42.8. The van der Waals surface area contributed by atoms with Crippen molar-refractivity contribution in [2.45, 2.75) is 11.8 Å². The van der Waals surface area contributed by atoms with Crippen LogP contribution in [0.5, 0.6) is 0 Å². The quantitative estimate of drug-likeness (QED) is 0.917. The van der Waals surface area contributed by atoms with Crippen LogP contribution in [-0.2, 0) is 15.1 Å². The first-order valence-corrected chi connectivity index (χ1v) is 4.75. The van der Waals surface area contributed by atoms with E-state index in [1.165, 1.54) is 12.1 Å². The molecule has 17 heavy (non-hydrogen) atoms. The van der Waals surface area contributed by atoms with Crippen LogP contribution in [0.3, 0.4) is 0 Å². The van der Waals surface area contributed by atoms with Crippen LogP contribution in [0, 0.1) is 0 Å². The summed E-state index contributed by atoms with van der Waals surface area (Å²) in [7, 11) is 0.691. The van der Waals surface area contributed by atoms with Gasteiger partial charge in [0.1, 0.15) is 0 Å². The number of carboxylic acids is 1. The molecule has 0 spiro atoms. The van der Waals surface area contributed by atoms with E-state index in [2.05, 4.69) is 4.74 Å². The van der Waals surface area contributed by atoms with Crippen molar-refractivity contribution in [3.05, 3.63) is 34.9 Å². The Labute approximate surface area is 99.8 Å². The monoisotopic (exact) mass is 268 g/mol. The average molecular weight is 269 g/mol. The number of halogens is 4. The van der Waals surface area contributed by atoms with Gasteiger partial charge in [-0.05, 0) is 12.1 Å². The van der Waals surface area contributed by atoms with Crippen molar-refractivity contribution >= 4 is 17.6 Å². The third-order valence-electron chi connectivity index (χ3n) is 2.26. The van der Waals surface area contributed by atoms with E-state index in [1.54, 1.807) is 0 Å². The molecule has 0 saturated heterocycles. The summed E-state index contributed by atoms with van der Waals surface area (Å²) >= 11 is 5.53. The molecule has 3 nitrogen and oxygen atoms in total. The molecule has 0 radical (unpaired) electrons. The smallest absolute Gasteiger partial charge is 0.432 e. The molecule has 0 aliphatic rings. The molecule has 94 valence electrons. The summed E-state index contributed by atoms with van der Waals surface area (Å²) in [5.41, 5.74) is -3.91. The molecule has 0 aliphatic carbocycles. The molecular weight excluding hydrogens is 261 g/mol. The molecule has 1 aromatic rings. The van der Waals surface area contributed by atoms with E-state index in [4.69, 9.17) is 16.7 Å². The second-order valence-corrected chi connectivity index (χ2v) is 3.63. The third kappa shape index (κ3) is 2.23. The van der Waals surface area contributed by atoms with E-state index in [-0.39, 0.29) is 5.02 Å². The van der Waals surface area contributed by atoms with Gasteiger partial charge in [-0.1, -0.05) is 23.7 Å². The van der Waals surface area contributed by atoms with Gasteiger partial charge in [-0.2, -0.15) is 13.2 Å². The highest BCUT2D eigenvalue weighted by Gasteiger charge is 2.63. The predicted octanol–water partition coefficient (Wildman–Crippen LogP) is 2.83. The average Bonchev–Trinajstić information content (AvgIpc) is 2.19. The molecule has 1 unspecified atom stereocenters. The topological polar surface area (TPSA) is 46.5 Å². The van der Waals surface area contributed by atoms with Gasteiger partial charge >= 0.3 is 12.1 Å². The van der Waals surface area contributed by atoms with Gasteiger partial charge in [0.25, 0.3) is 5.60 Å². The standard InChI is InChI=1S/C10H8ClF3O3/c1-17-9(8(15)16,10(12,13)14)6-2-4-7(11)5-3-6/h2-5H,1H3,(H,15,16). The zero-order chi connectivity index (χ0) is 13.3. The lowest BCUT2D eigenvalue weighted by atomic mass is 9.93. The maximum atomic E-state index is 12.9. The van der Waals surface area contributed by atoms with Crippen LogP contribution in [-0.4, -0.2) is 24.4 Å². The fourth-order valence-corrected chi connectivity index (χ4v) is 1.54. The Hall–Kier alpha value is -1.27. The minimum absolute atomic E-state index is 0.200.